The maximum atomic E-state index is 12.8. The average Bonchev–Trinajstić information content (AvgIpc) is 3.27. The van der Waals surface area contributed by atoms with E-state index in [9.17, 15) is 19.2 Å². The summed E-state index contributed by atoms with van der Waals surface area (Å²) in [4.78, 5) is 52.3. The maximum absolute atomic E-state index is 12.8. The van der Waals surface area contributed by atoms with Crippen LogP contribution in [0.4, 0.5) is 0 Å². The summed E-state index contributed by atoms with van der Waals surface area (Å²) >= 11 is 0. The zero-order valence-corrected chi connectivity index (χ0v) is 16.1. The second-order valence-electron chi connectivity index (χ2n) is 7.32. The SMILES string of the molecule is O=C(CCCN1C(=O)c2cccc3cccc(c23)C1=O)OCC(=O)N1CCCC1. The Morgan fingerprint density at radius 2 is 1.55 bits per heavy atom. The Hall–Kier alpha value is -3.22. The lowest BCUT2D eigenvalue weighted by Gasteiger charge is -2.27. The minimum absolute atomic E-state index is 0.0379. The largest absolute Gasteiger partial charge is 0.456 e. The van der Waals surface area contributed by atoms with Crippen molar-refractivity contribution < 1.29 is 23.9 Å². The number of ether oxygens (including phenoxy) is 1. The Bertz CT molecular complexity index is 943. The normalized spacial score (nSPS) is 15.9. The molecule has 2 aromatic rings. The van der Waals surface area contributed by atoms with E-state index >= 15 is 0 Å². The van der Waals surface area contributed by atoms with E-state index in [-0.39, 0.29) is 43.7 Å². The fourth-order valence-electron chi connectivity index (χ4n) is 3.94. The van der Waals surface area contributed by atoms with Gasteiger partial charge < -0.3 is 9.64 Å². The van der Waals surface area contributed by atoms with E-state index < -0.39 is 5.97 Å². The van der Waals surface area contributed by atoms with E-state index in [2.05, 4.69) is 0 Å². The van der Waals surface area contributed by atoms with Crippen LogP contribution in [-0.4, -0.2) is 59.7 Å². The molecule has 3 amide bonds. The topological polar surface area (TPSA) is 84.0 Å². The minimum atomic E-state index is -0.503. The molecule has 4 rings (SSSR count). The molecule has 0 atom stereocenters. The second-order valence-corrected chi connectivity index (χ2v) is 7.32. The van der Waals surface area contributed by atoms with Gasteiger partial charge in [0.2, 0.25) is 0 Å². The standard InChI is InChI=1S/C22H22N2O5/c25-18(23-11-1-2-12-23)14-29-19(26)10-5-13-24-21(27)16-8-3-6-15-7-4-9-17(20(15)16)22(24)28/h3-4,6-9H,1-2,5,10-14H2. The summed E-state index contributed by atoms with van der Waals surface area (Å²) in [7, 11) is 0. The van der Waals surface area contributed by atoms with Gasteiger partial charge in [0.05, 0.1) is 0 Å². The first kappa shape index (κ1) is 19.1. The van der Waals surface area contributed by atoms with Crippen LogP contribution in [0.25, 0.3) is 10.8 Å². The fourth-order valence-corrected chi connectivity index (χ4v) is 3.94. The monoisotopic (exact) mass is 394 g/mol. The molecule has 0 radical (unpaired) electrons. The van der Waals surface area contributed by atoms with Crippen LogP contribution in [-0.2, 0) is 14.3 Å². The van der Waals surface area contributed by atoms with Crippen LogP contribution in [0.15, 0.2) is 36.4 Å². The highest BCUT2D eigenvalue weighted by Crippen LogP contribution is 2.30. The molecule has 29 heavy (non-hydrogen) atoms. The molecule has 1 fully saturated rings. The Kier molecular flexibility index (Phi) is 5.29. The second kappa shape index (κ2) is 8.03. The van der Waals surface area contributed by atoms with Gasteiger partial charge in [-0.2, -0.15) is 0 Å². The molecule has 0 saturated carbocycles. The molecule has 0 unspecified atom stereocenters. The maximum Gasteiger partial charge on any atom is 0.306 e. The van der Waals surface area contributed by atoms with Crippen LogP contribution in [0.3, 0.4) is 0 Å². The lowest BCUT2D eigenvalue weighted by molar-refractivity contribution is -0.151. The first-order valence-electron chi connectivity index (χ1n) is 9.87. The number of amides is 3. The highest BCUT2D eigenvalue weighted by atomic mass is 16.5. The lowest BCUT2D eigenvalue weighted by Crippen LogP contribution is -2.41. The number of esters is 1. The number of hydrogen-bond acceptors (Lipinski definition) is 5. The van der Waals surface area contributed by atoms with Crippen LogP contribution in [0.2, 0.25) is 0 Å². The van der Waals surface area contributed by atoms with E-state index in [1.54, 1.807) is 29.2 Å². The number of imide groups is 1. The number of hydrogen-bond donors (Lipinski definition) is 0. The minimum Gasteiger partial charge on any atom is -0.456 e. The highest BCUT2D eigenvalue weighted by Gasteiger charge is 2.32. The van der Waals surface area contributed by atoms with Crippen molar-refractivity contribution in [3.05, 3.63) is 47.5 Å². The first-order valence-corrected chi connectivity index (χ1v) is 9.87. The zero-order valence-electron chi connectivity index (χ0n) is 16.1. The molecule has 2 heterocycles. The molecule has 1 saturated heterocycles. The first-order chi connectivity index (χ1) is 14.1. The molecular weight excluding hydrogens is 372 g/mol. The summed E-state index contributed by atoms with van der Waals surface area (Å²) in [5.74, 6) is -1.38. The van der Waals surface area contributed by atoms with Crippen LogP contribution in [0.5, 0.6) is 0 Å². The third-order valence-corrected chi connectivity index (χ3v) is 5.43. The third kappa shape index (κ3) is 3.72. The van der Waals surface area contributed by atoms with Gasteiger partial charge >= 0.3 is 5.97 Å². The molecule has 0 aliphatic carbocycles. The smallest absolute Gasteiger partial charge is 0.306 e. The van der Waals surface area contributed by atoms with Crippen LogP contribution in [0.1, 0.15) is 46.4 Å². The van der Waals surface area contributed by atoms with Gasteiger partial charge in [0.15, 0.2) is 6.61 Å². The van der Waals surface area contributed by atoms with Gasteiger partial charge in [0, 0.05) is 42.6 Å². The lowest BCUT2D eigenvalue weighted by atomic mass is 9.94. The van der Waals surface area contributed by atoms with Gasteiger partial charge in [-0.3, -0.25) is 24.1 Å². The molecule has 2 aliphatic rings. The van der Waals surface area contributed by atoms with Crippen molar-refractivity contribution in [2.45, 2.75) is 25.7 Å². The predicted octanol–water partition coefficient (Wildman–Crippen LogP) is 2.38. The molecule has 0 spiro atoms. The van der Waals surface area contributed by atoms with E-state index in [4.69, 9.17) is 4.74 Å². The summed E-state index contributed by atoms with van der Waals surface area (Å²) in [6.07, 6.45) is 2.28. The van der Waals surface area contributed by atoms with Gasteiger partial charge in [-0.05, 0) is 36.8 Å². The van der Waals surface area contributed by atoms with Crippen LogP contribution in [0, 0.1) is 0 Å². The molecule has 7 heteroatoms. The number of nitrogens with zero attached hydrogens (tertiary/aromatic N) is 2. The van der Waals surface area contributed by atoms with Crippen LogP contribution < -0.4 is 0 Å². The van der Waals surface area contributed by atoms with Crippen molar-refractivity contribution in [3.63, 3.8) is 0 Å². The summed E-state index contributed by atoms with van der Waals surface area (Å²) < 4.78 is 5.04. The van der Waals surface area contributed by atoms with E-state index in [0.29, 0.717) is 29.6 Å². The molecule has 150 valence electrons. The van der Waals surface area contributed by atoms with E-state index in [1.807, 2.05) is 12.1 Å². The number of carbonyl (C=O) groups is 4. The van der Waals surface area contributed by atoms with Crippen LogP contribution >= 0.6 is 0 Å². The van der Waals surface area contributed by atoms with Crippen molar-refractivity contribution in [1.82, 2.24) is 9.80 Å². The van der Waals surface area contributed by atoms with Gasteiger partial charge in [-0.25, -0.2) is 0 Å². The quantitative estimate of drug-likeness (QED) is 0.555. The summed E-state index contributed by atoms with van der Waals surface area (Å²) in [5.41, 5.74) is 0.993. The van der Waals surface area contributed by atoms with Gasteiger partial charge in [0.25, 0.3) is 17.7 Å². The van der Waals surface area contributed by atoms with Gasteiger partial charge in [-0.1, -0.05) is 24.3 Å². The number of benzene rings is 2. The van der Waals surface area contributed by atoms with Gasteiger partial charge in [-0.15, -0.1) is 0 Å². The Labute approximate surface area is 168 Å². The molecular formula is C22H22N2O5. The Balaban J connectivity index is 1.33. The van der Waals surface area contributed by atoms with Crippen molar-refractivity contribution >= 4 is 34.5 Å². The van der Waals surface area contributed by atoms with E-state index in [1.165, 1.54) is 4.90 Å². The average molecular weight is 394 g/mol. The number of rotatable bonds is 6. The van der Waals surface area contributed by atoms with Crippen molar-refractivity contribution in [2.24, 2.45) is 0 Å². The molecule has 2 aliphatic heterocycles. The fraction of sp³-hybridized carbons (Fsp3) is 0.364. The number of likely N-dealkylation sites (tertiary alicyclic amines) is 1. The molecule has 0 bridgehead atoms. The number of carbonyl (C=O) groups excluding carboxylic acids is 4. The Morgan fingerprint density at radius 3 is 2.17 bits per heavy atom. The van der Waals surface area contributed by atoms with Gasteiger partial charge in [0.1, 0.15) is 0 Å². The molecule has 0 N–H and O–H groups in total. The van der Waals surface area contributed by atoms with E-state index in [0.717, 1.165) is 18.2 Å². The van der Waals surface area contributed by atoms with Crippen molar-refractivity contribution in [3.8, 4) is 0 Å². The molecule has 7 nitrogen and oxygen atoms in total. The Morgan fingerprint density at radius 1 is 0.931 bits per heavy atom. The molecule has 0 aromatic heterocycles. The van der Waals surface area contributed by atoms with Crippen molar-refractivity contribution in [1.29, 1.82) is 0 Å². The molecule has 2 aromatic carbocycles. The predicted molar refractivity (Wildman–Crippen MR) is 105 cm³/mol. The summed E-state index contributed by atoms with van der Waals surface area (Å²) in [6.45, 7) is 1.29. The summed E-state index contributed by atoms with van der Waals surface area (Å²) in [6, 6.07) is 10.8. The highest BCUT2D eigenvalue weighted by molar-refractivity contribution is 6.25. The zero-order chi connectivity index (χ0) is 20.4. The third-order valence-electron chi connectivity index (χ3n) is 5.43. The summed E-state index contributed by atoms with van der Waals surface area (Å²) in [5, 5.41) is 1.54. The van der Waals surface area contributed by atoms with Crippen molar-refractivity contribution in [2.75, 3.05) is 26.2 Å².